The summed E-state index contributed by atoms with van der Waals surface area (Å²) in [5, 5.41) is 13.8. The average molecular weight is 295 g/mol. The third-order valence-corrected chi connectivity index (χ3v) is 4.16. The lowest BCUT2D eigenvalue weighted by Crippen LogP contribution is -2.18. The first-order valence-corrected chi connectivity index (χ1v) is 7.80. The number of hydrogen-bond donors (Lipinski definition) is 3. The van der Waals surface area contributed by atoms with Gasteiger partial charge in [0.25, 0.3) is 10.1 Å². The van der Waals surface area contributed by atoms with Gasteiger partial charge in [-0.25, -0.2) is 13.6 Å². The van der Waals surface area contributed by atoms with Crippen LogP contribution in [-0.4, -0.2) is 33.1 Å². The van der Waals surface area contributed by atoms with Crippen molar-refractivity contribution >= 4 is 20.1 Å². The molecular formula is C9H13NO6S2. The van der Waals surface area contributed by atoms with Gasteiger partial charge in [0.2, 0.25) is 10.0 Å². The van der Waals surface area contributed by atoms with Crippen molar-refractivity contribution in [3.63, 3.8) is 0 Å². The maximum atomic E-state index is 11.4. The Morgan fingerprint density at radius 1 is 1.17 bits per heavy atom. The van der Waals surface area contributed by atoms with E-state index in [0.29, 0.717) is 5.56 Å². The predicted octanol–water partition coefficient (Wildman–Crippen LogP) is -0.576. The number of rotatable bonds is 4. The summed E-state index contributed by atoms with van der Waals surface area (Å²) in [6.45, 7) is 0.986. The smallest absolute Gasteiger partial charge is 0.294 e. The van der Waals surface area contributed by atoms with Gasteiger partial charge in [-0.3, -0.25) is 4.55 Å². The summed E-state index contributed by atoms with van der Waals surface area (Å²) in [6.07, 6.45) is -0.249. The van der Waals surface area contributed by atoms with Gasteiger partial charge in [0.05, 0.1) is 9.79 Å². The van der Waals surface area contributed by atoms with Crippen LogP contribution in [0.2, 0.25) is 0 Å². The van der Waals surface area contributed by atoms with E-state index in [0.717, 1.165) is 6.07 Å². The van der Waals surface area contributed by atoms with Gasteiger partial charge in [-0.1, -0.05) is 0 Å². The molecule has 0 spiro atoms. The first-order valence-electron chi connectivity index (χ1n) is 4.82. The summed E-state index contributed by atoms with van der Waals surface area (Å²) in [4.78, 5) is -0.968. The fraction of sp³-hybridized carbons (Fsp3) is 0.333. The Balaban J connectivity index is 3.79. The van der Waals surface area contributed by atoms with Crippen LogP contribution in [0.25, 0.3) is 0 Å². The minimum atomic E-state index is -4.59. The van der Waals surface area contributed by atoms with Gasteiger partial charge >= 0.3 is 0 Å². The molecule has 0 saturated carbocycles. The minimum Gasteiger partial charge on any atom is -0.396 e. The largest absolute Gasteiger partial charge is 0.396 e. The molecule has 1 aromatic rings. The van der Waals surface area contributed by atoms with Gasteiger partial charge in [0.15, 0.2) is 0 Å². The van der Waals surface area contributed by atoms with Gasteiger partial charge in [0.1, 0.15) is 0 Å². The summed E-state index contributed by atoms with van der Waals surface area (Å²) >= 11 is 0. The van der Waals surface area contributed by atoms with Gasteiger partial charge in [-0.15, -0.1) is 0 Å². The van der Waals surface area contributed by atoms with Crippen LogP contribution in [0.3, 0.4) is 0 Å². The molecule has 0 bridgehead atoms. The molecular weight excluding hydrogens is 282 g/mol. The van der Waals surface area contributed by atoms with Crippen molar-refractivity contribution in [2.45, 2.75) is 23.1 Å². The average Bonchev–Trinajstić information content (AvgIpc) is 2.17. The third-order valence-electron chi connectivity index (χ3n) is 2.26. The van der Waals surface area contributed by atoms with E-state index >= 15 is 0 Å². The molecule has 9 heteroatoms. The maximum Gasteiger partial charge on any atom is 0.294 e. The normalized spacial score (nSPS) is 12.7. The van der Waals surface area contributed by atoms with Crippen molar-refractivity contribution in [2.75, 3.05) is 6.61 Å². The first kappa shape index (κ1) is 15.1. The lowest BCUT2D eigenvalue weighted by molar-refractivity contribution is 0.297. The fourth-order valence-corrected chi connectivity index (χ4v) is 3.42. The molecule has 102 valence electrons. The lowest BCUT2D eigenvalue weighted by atomic mass is 10.1. The van der Waals surface area contributed by atoms with Crippen LogP contribution in [0.5, 0.6) is 0 Å². The number of aliphatic hydroxyl groups is 1. The van der Waals surface area contributed by atoms with Crippen molar-refractivity contribution in [1.82, 2.24) is 0 Å². The predicted molar refractivity (Wildman–Crippen MR) is 63.2 cm³/mol. The number of aryl methyl sites for hydroxylation is 1. The van der Waals surface area contributed by atoms with E-state index < -0.39 is 36.5 Å². The number of aliphatic hydroxyl groups excluding tert-OH is 1. The van der Waals surface area contributed by atoms with Crippen LogP contribution in [-0.2, 0) is 26.6 Å². The number of primary sulfonamides is 1. The van der Waals surface area contributed by atoms with Crippen LogP contribution < -0.4 is 5.14 Å². The van der Waals surface area contributed by atoms with Gasteiger partial charge in [0, 0.05) is 6.61 Å². The summed E-state index contributed by atoms with van der Waals surface area (Å²) < 4.78 is 54.2. The van der Waals surface area contributed by atoms with Crippen molar-refractivity contribution < 1.29 is 26.5 Å². The van der Waals surface area contributed by atoms with Crippen molar-refractivity contribution in [3.05, 3.63) is 23.3 Å². The molecule has 18 heavy (non-hydrogen) atoms. The number of sulfonamides is 1. The minimum absolute atomic E-state index is 0.215. The molecule has 0 aliphatic heterocycles. The van der Waals surface area contributed by atoms with Crippen LogP contribution in [0, 0.1) is 6.92 Å². The fourth-order valence-electron chi connectivity index (χ4n) is 1.59. The highest BCUT2D eigenvalue weighted by Crippen LogP contribution is 2.25. The zero-order valence-electron chi connectivity index (χ0n) is 9.49. The maximum absolute atomic E-state index is 11.4. The SMILES string of the molecule is Cc1cc(S(N)(=O)=O)c(CCO)c(S(=O)(=O)O)c1. The summed E-state index contributed by atoms with van der Waals surface area (Å²) in [7, 11) is -8.74. The zero-order chi connectivity index (χ0) is 14.1. The summed E-state index contributed by atoms with van der Waals surface area (Å²) in [5.74, 6) is 0. The Bertz CT molecular complexity index is 609. The molecule has 0 unspecified atom stereocenters. The van der Waals surface area contributed by atoms with Crippen molar-refractivity contribution in [1.29, 1.82) is 0 Å². The first-order chi connectivity index (χ1) is 8.07. The van der Waals surface area contributed by atoms with E-state index in [4.69, 9.17) is 14.8 Å². The van der Waals surface area contributed by atoms with Gasteiger partial charge < -0.3 is 5.11 Å². The second-order valence-electron chi connectivity index (χ2n) is 3.73. The van der Waals surface area contributed by atoms with Gasteiger partial charge in [-0.05, 0) is 36.6 Å². The van der Waals surface area contributed by atoms with Crippen LogP contribution in [0.15, 0.2) is 21.9 Å². The molecule has 4 N–H and O–H groups in total. The Morgan fingerprint density at radius 3 is 2.06 bits per heavy atom. The topological polar surface area (TPSA) is 135 Å². The molecule has 0 aliphatic carbocycles. The highest BCUT2D eigenvalue weighted by molar-refractivity contribution is 7.89. The second-order valence-corrected chi connectivity index (χ2v) is 6.65. The lowest BCUT2D eigenvalue weighted by Gasteiger charge is -2.12. The Hall–Kier alpha value is -1.00. The Kier molecular flexibility index (Phi) is 4.13. The van der Waals surface area contributed by atoms with E-state index in [9.17, 15) is 16.8 Å². The molecule has 0 amide bonds. The zero-order valence-corrected chi connectivity index (χ0v) is 11.1. The highest BCUT2D eigenvalue weighted by Gasteiger charge is 2.23. The number of hydrogen-bond acceptors (Lipinski definition) is 5. The van der Waals surface area contributed by atoms with Crippen LogP contribution in [0.4, 0.5) is 0 Å². The highest BCUT2D eigenvalue weighted by atomic mass is 32.2. The van der Waals surface area contributed by atoms with E-state index in [1.165, 1.54) is 13.0 Å². The molecule has 0 saturated heterocycles. The van der Waals surface area contributed by atoms with Crippen LogP contribution in [0.1, 0.15) is 11.1 Å². The van der Waals surface area contributed by atoms with E-state index in [1.54, 1.807) is 0 Å². The Labute approximate surface area is 105 Å². The molecule has 1 aromatic carbocycles. The number of nitrogens with two attached hydrogens (primary N) is 1. The summed E-state index contributed by atoms with van der Waals surface area (Å²) in [6, 6.07) is 2.31. The van der Waals surface area contributed by atoms with Gasteiger partial charge in [-0.2, -0.15) is 8.42 Å². The van der Waals surface area contributed by atoms with E-state index in [2.05, 4.69) is 0 Å². The van der Waals surface area contributed by atoms with E-state index in [-0.39, 0.29) is 12.0 Å². The monoisotopic (exact) mass is 295 g/mol. The molecule has 0 atom stereocenters. The molecule has 0 fully saturated rings. The standard InChI is InChI=1S/C9H13NO6S2/c1-6-4-8(17(10,12)13)7(2-3-11)9(5-6)18(14,15)16/h4-5,11H,2-3H2,1H3,(H2,10,12,13)(H,14,15,16). The quantitative estimate of drug-likeness (QED) is 0.636. The van der Waals surface area contributed by atoms with Crippen LogP contribution >= 0.6 is 0 Å². The molecule has 0 radical (unpaired) electrons. The third kappa shape index (κ3) is 3.27. The molecule has 7 nitrogen and oxygen atoms in total. The van der Waals surface area contributed by atoms with Crippen molar-refractivity contribution in [2.24, 2.45) is 5.14 Å². The molecule has 0 heterocycles. The number of benzene rings is 1. The summed E-state index contributed by atoms with van der Waals surface area (Å²) in [5.41, 5.74) is 0.0986. The molecule has 0 aliphatic rings. The molecule has 0 aromatic heterocycles. The van der Waals surface area contributed by atoms with E-state index in [1.807, 2.05) is 0 Å². The van der Waals surface area contributed by atoms with Crippen molar-refractivity contribution in [3.8, 4) is 0 Å². The molecule has 1 rings (SSSR count). The second kappa shape index (κ2) is 4.94. The Morgan fingerprint density at radius 2 is 1.67 bits per heavy atom.